The third-order valence-corrected chi connectivity index (χ3v) is 4.33. The minimum atomic E-state index is 0. The van der Waals surface area contributed by atoms with Gasteiger partial charge in [0.25, 0.3) is 0 Å². The van der Waals surface area contributed by atoms with Gasteiger partial charge in [0.15, 0.2) is 5.96 Å². The lowest BCUT2D eigenvalue weighted by Crippen LogP contribution is -2.36. The van der Waals surface area contributed by atoms with Gasteiger partial charge in [-0.25, -0.2) is 0 Å². The van der Waals surface area contributed by atoms with E-state index in [2.05, 4.69) is 45.6 Å². The molecule has 0 saturated heterocycles. The number of rotatable bonds is 9. The summed E-state index contributed by atoms with van der Waals surface area (Å²) >= 11 is 0. The van der Waals surface area contributed by atoms with Gasteiger partial charge in [-0.05, 0) is 38.7 Å². The predicted molar refractivity (Wildman–Crippen MR) is 131 cm³/mol. The highest BCUT2D eigenvalue weighted by Crippen LogP contribution is 2.20. The number of hydrogen-bond acceptors (Lipinski definition) is 4. The average Bonchev–Trinajstić information content (AvgIpc) is 2.69. The fourth-order valence-electron chi connectivity index (χ4n) is 2.71. The van der Waals surface area contributed by atoms with Crippen molar-refractivity contribution in [1.29, 1.82) is 0 Å². The summed E-state index contributed by atoms with van der Waals surface area (Å²) in [5, 5.41) is 6.69. The molecule has 0 heterocycles. The van der Waals surface area contributed by atoms with Crippen LogP contribution in [0.15, 0.2) is 47.5 Å². The molecule has 0 bridgehead atoms. The van der Waals surface area contributed by atoms with Crippen molar-refractivity contribution in [3.05, 3.63) is 59.2 Å². The van der Waals surface area contributed by atoms with Crippen LogP contribution in [0.4, 0.5) is 0 Å². The van der Waals surface area contributed by atoms with Gasteiger partial charge >= 0.3 is 0 Å². The summed E-state index contributed by atoms with van der Waals surface area (Å²) in [5.74, 6) is 2.50. The molecule has 2 N–H and O–H groups in total. The second-order valence-electron chi connectivity index (χ2n) is 6.85. The number of nitrogens with zero attached hydrogens (tertiary/aromatic N) is 2. The molecule has 0 atom stereocenters. The lowest BCUT2D eigenvalue weighted by atomic mass is 10.1. The van der Waals surface area contributed by atoms with Gasteiger partial charge in [-0.3, -0.25) is 4.99 Å². The normalized spacial score (nSPS) is 11.0. The molecule has 0 amide bonds. The van der Waals surface area contributed by atoms with Crippen molar-refractivity contribution in [2.75, 3.05) is 41.4 Å². The highest BCUT2D eigenvalue weighted by atomic mass is 127. The Labute approximate surface area is 191 Å². The fourth-order valence-corrected chi connectivity index (χ4v) is 2.71. The van der Waals surface area contributed by atoms with Crippen molar-refractivity contribution >= 4 is 29.9 Å². The lowest BCUT2D eigenvalue weighted by molar-refractivity contribution is 0.259. The molecule has 29 heavy (non-hydrogen) atoms. The first kappa shape index (κ1) is 25.0. The largest absolute Gasteiger partial charge is 0.496 e. The Balaban J connectivity index is 0.00000420. The molecule has 0 aliphatic carbocycles. The number of likely N-dealkylation sites (N-methyl/N-ethyl adjacent to an activating group) is 1. The number of benzene rings is 2. The van der Waals surface area contributed by atoms with Gasteiger partial charge < -0.3 is 25.0 Å². The first-order valence-electron chi connectivity index (χ1n) is 9.47. The van der Waals surface area contributed by atoms with E-state index in [-0.39, 0.29) is 24.0 Å². The van der Waals surface area contributed by atoms with E-state index >= 15 is 0 Å². The molecule has 2 aromatic rings. The third-order valence-electron chi connectivity index (χ3n) is 4.33. The van der Waals surface area contributed by atoms with Crippen LogP contribution in [0.5, 0.6) is 11.5 Å². The van der Waals surface area contributed by atoms with Crippen LogP contribution in [-0.2, 0) is 13.1 Å². The first-order chi connectivity index (χ1) is 13.5. The smallest absolute Gasteiger partial charge is 0.191 e. The van der Waals surface area contributed by atoms with E-state index < -0.39 is 0 Å². The van der Waals surface area contributed by atoms with E-state index in [4.69, 9.17) is 9.47 Å². The summed E-state index contributed by atoms with van der Waals surface area (Å²) in [4.78, 5) is 6.42. The Hall–Kier alpha value is -2.00. The summed E-state index contributed by atoms with van der Waals surface area (Å²) < 4.78 is 11.4. The Bertz CT molecular complexity index is 781. The van der Waals surface area contributed by atoms with Gasteiger partial charge in [0.2, 0.25) is 0 Å². The first-order valence-corrected chi connectivity index (χ1v) is 9.47. The minimum Gasteiger partial charge on any atom is -0.496 e. The summed E-state index contributed by atoms with van der Waals surface area (Å²) in [6, 6.07) is 14.3. The molecule has 0 unspecified atom stereocenters. The number of ether oxygens (including phenoxy) is 2. The van der Waals surface area contributed by atoms with Crippen LogP contribution in [0.3, 0.4) is 0 Å². The zero-order valence-corrected chi connectivity index (χ0v) is 20.3. The van der Waals surface area contributed by atoms with Gasteiger partial charge in [0, 0.05) is 37.8 Å². The standard InChI is InChI=1S/C22H32N4O2.HI/c1-17-10-11-19(21(14-17)27-5)16-25-22(23-2)24-15-18-8-6-7-9-20(18)28-13-12-26(3)4;/h6-11,14H,12-13,15-16H2,1-5H3,(H2,23,24,25);1H. The average molecular weight is 512 g/mol. The van der Waals surface area contributed by atoms with Crippen molar-refractivity contribution in [1.82, 2.24) is 15.5 Å². The molecular weight excluding hydrogens is 479 g/mol. The molecule has 0 spiro atoms. The molecule has 2 aromatic carbocycles. The highest BCUT2D eigenvalue weighted by Gasteiger charge is 2.07. The molecule has 0 aliphatic heterocycles. The number of para-hydroxylation sites is 1. The van der Waals surface area contributed by atoms with E-state index in [1.54, 1.807) is 14.2 Å². The molecule has 160 valence electrons. The van der Waals surface area contributed by atoms with Crippen LogP contribution in [0.2, 0.25) is 0 Å². The molecule has 0 saturated carbocycles. The van der Waals surface area contributed by atoms with E-state index in [9.17, 15) is 0 Å². The number of aryl methyl sites for hydroxylation is 1. The Morgan fingerprint density at radius 2 is 1.66 bits per heavy atom. The number of nitrogens with one attached hydrogen (secondary N) is 2. The molecular formula is C22H33IN4O2. The van der Waals surface area contributed by atoms with Crippen LogP contribution in [-0.4, -0.2) is 52.3 Å². The van der Waals surface area contributed by atoms with Gasteiger partial charge in [0.1, 0.15) is 18.1 Å². The van der Waals surface area contributed by atoms with Crippen LogP contribution < -0.4 is 20.1 Å². The van der Waals surface area contributed by atoms with Crippen molar-refractivity contribution in [3.63, 3.8) is 0 Å². The minimum absolute atomic E-state index is 0. The monoisotopic (exact) mass is 512 g/mol. The molecule has 6 nitrogen and oxygen atoms in total. The molecule has 0 radical (unpaired) electrons. The topological polar surface area (TPSA) is 58.1 Å². The van der Waals surface area contributed by atoms with Crippen LogP contribution in [0.1, 0.15) is 16.7 Å². The van der Waals surface area contributed by atoms with Crippen molar-refractivity contribution in [2.24, 2.45) is 4.99 Å². The number of guanidine groups is 1. The highest BCUT2D eigenvalue weighted by molar-refractivity contribution is 14.0. The zero-order valence-electron chi connectivity index (χ0n) is 18.0. The maximum absolute atomic E-state index is 5.93. The third kappa shape index (κ3) is 8.49. The molecule has 7 heteroatoms. The molecule has 2 rings (SSSR count). The molecule has 0 aliphatic rings. The number of halogens is 1. The second-order valence-corrected chi connectivity index (χ2v) is 6.85. The predicted octanol–water partition coefficient (Wildman–Crippen LogP) is 3.43. The van der Waals surface area contributed by atoms with Crippen LogP contribution in [0.25, 0.3) is 0 Å². The fraction of sp³-hybridized carbons (Fsp3) is 0.409. The van der Waals surface area contributed by atoms with Crippen molar-refractivity contribution in [2.45, 2.75) is 20.0 Å². The molecule has 0 fully saturated rings. The van der Waals surface area contributed by atoms with Crippen LogP contribution >= 0.6 is 24.0 Å². The summed E-state index contributed by atoms with van der Waals surface area (Å²) in [6.07, 6.45) is 0. The van der Waals surface area contributed by atoms with Crippen molar-refractivity contribution in [3.8, 4) is 11.5 Å². The molecule has 0 aromatic heterocycles. The van der Waals surface area contributed by atoms with Gasteiger partial charge in [0.05, 0.1) is 7.11 Å². The number of aliphatic imine (C=N–C) groups is 1. The van der Waals surface area contributed by atoms with Crippen molar-refractivity contribution < 1.29 is 9.47 Å². The Morgan fingerprint density at radius 3 is 2.28 bits per heavy atom. The van der Waals surface area contributed by atoms with Crippen LogP contribution in [0, 0.1) is 6.92 Å². The quantitative estimate of drug-likeness (QED) is 0.307. The zero-order chi connectivity index (χ0) is 20.4. The maximum atomic E-state index is 5.93. The SMILES string of the molecule is CN=C(NCc1ccc(C)cc1OC)NCc1ccccc1OCCN(C)C.I. The summed E-state index contributed by atoms with van der Waals surface area (Å²) in [7, 11) is 7.53. The van der Waals surface area contributed by atoms with E-state index in [1.807, 2.05) is 38.4 Å². The summed E-state index contributed by atoms with van der Waals surface area (Å²) in [5.41, 5.74) is 3.36. The van der Waals surface area contributed by atoms with E-state index in [0.29, 0.717) is 19.7 Å². The van der Waals surface area contributed by atoms with Gasteiger partial charge in [-0.2, -0.15) is 0 Å². The van der Waals surface area contributed by atoms with E-state index in [0.717, 1.165) is 35.1 Å². The lowest BCUT2D eigenvalue weighted by Gasteiger charge is -2.16. The van der Waals surface area contributed by atoms with E-state index in [1.165, 1.54) is 5.56 Å². The Kier molecular flexibility index (Phi) is 11.5. The number of methoxy groups -OCH3 is 1. The Morgan fingerprint density at radius 1 is 1.00 bits per heavy atom. The maximum Gasteiger partial charge on any atom is 0.191 e. The van der Waals surface area contributed by atoms with Gasteiger partial charge in [-0.1, -0.05) is 30.3 Å². The van der Waals surface area contributed by atoms with Gasteiger partial charge in [-0.15, -0.1) is 24.0 Å². The number of hydrogen-bond donors (Lipinski definition) is 2. The second kappa shape index (κ2) is 13.3. The summed E-state index contributed by atoms with van der Waals surface area (Å²) in [6.45, 7) is 4.85.